The lowest BCUT2D eigenvalue weighted by Gasteiger charge is -2.25. The van der Waals surface area contributed by atoms with Crippen LogP contribution in [0.15, 0.2) is 79.0 Å². The van der Waals surface area contributed by atoms with E-state index in [1.165, 1.54) is 0 Å². The highest BCUT2D eigenvalue weighted by Crippen LogP contribution is 2.62. The maximum Gasteiger partial charge on any atom is 0.205 e. The number of nitrogens with zero attached hydrogens (tertiary/aromatic N) is 1. The summed E-state index contributed by atoms with van der Waals surface area (Å²) in [5, 5.41) is 0. The summed E-state index contributed by atoms with van der Waals surface area (Å²) in [7, 11) is 0. The molecule has 0 radical (unpaired) electrons. The second-order valence-corrected chi connectivity index (χ2v) is 6.31. The van der Waals surface area contributed by atoms with Gasteiger partial charge in [-0.15, -0.1) is 0 Å². The van der Waals surface area contributed by atoms with E-state index in [0.29, 0.717) is 11.3 Å². The number of para-hydroxylation sites is 1. The number of hydrogen-bond donors (Lipinski definition) is 0. The molecule has 0 unspecified atom stereocenters. The van der Waals surface area contributed by atoms with Crippen LogP contribution < -0.4 is 4.74 Å². The number of ether oxygens (including phenoxy) is 2. The summed E-state index contributed by atoms with van der Waals surface area (Å²) < 4.78 is 12.1. The van der Waals surface area contributed by atoms with Gasteiger partial charge in [0, 0.05) is 6.20 Å². The van der Waals surface area contributed by atoms with E-state index in [4.69, 9.17) is 9.47 Å². The highest BCUT2D eigenvalue weighted by Gasteiger charge is 2.78. The molecule has 4 nitrogen and oxygen atoms in total. The van der Waals surface area contributed by atoms with Gasteiger partial charge in [-0.05, 0) is 29.8 Å². The number of ketones is 1. The minimum atomic E-state index is -1.07. The molecule has 5 rings (SSSR count). The van der Waals surface area contributed by atoms with Gasteiger partial charge in [-0.25, -0.2) is 0 Å². The van der Waals surface area contributed by atoms with Crippen molar-refractivity contribution >= 4 is 5.78 Å². The molecule has 0 bridgehead atoms. The number of hydrogen-bond acceptors (Lipinski definition) is 4. The fourth-order valence-corrected chi connectivity index (χ4v) is 3.76. The van der Waals surface area contributed by atoms with Crippen molar-refractivity contribution in [3.8, 4) is 5.75 Å². The molecule has 3 heterocycles. The number of aromatic nitrogens is 1. The van der Waals surface area contributed by atoms with Gasteiger partial charge in [-0.1, -0.05) is 48.5 Å². The lowest BCUT2D eigenvalue weighted by Crippen LogP contribution is -2.42. The lowest BCUT2D eigenvalue weighted by molar-refractivity contribution is 0.0755. The van der Waals surface area contributed by atoms with Gasteiger partial charge in [0.05, 0.1) is 11.3 Å². The molecule has 25 heavy (non-hydrogen) atoms. The van der Waals surface area contributed by atoms with Gasteiger partial charge in [0.15, 0.2) is 5.60 Å². The van der Waals surface area contributed by atoms with E-state index in [9.17, 15) is 4.79 Å². The standard InChI is InChI=1S/C21H15NO3/c23-19-16-10-4-5-11-17(16)24-14-20(19)21(25-20,15-8-2-1-3-9-15)18-12-6-7-13-22-18/h1-13H,14H2/t20-,21+/m0/s1. The zero-order valence-corrected chi connectivity index (χ0v) is 13.4. The molecule has 4 heteroatoms. The first-order chi connectivity index (χ1) is 12.3. The average Bonchev–Trinajstić information content (AvgIpc) is 3.38. The van der Waals surface area contributed by atoms with Gasteiger partial charge in [-0.2, -0.15) is 0 Å². The number of pyridine rings is 1. The Labute approximate surface area is 145 Å². The quantitative estimate of drug-likeness (QED) is 0.677. The van der Waals surface area contributed by atoms with E-state index >= 15 is 0 Å². The first-order valence-corrected chi connectivity index (χ1v) is 8.22. The van der Waals surface area contributed by atoms with E-state index < -0.39 is 11.2 Å². The van der Waals surface area contributed by atoms with Gasteiger partial charge in [0.25, 0.3) is 0 Å². The third-order valence-corrected chi connectivity index (χ3v) is 4.99. The highest BCUT2D eigenvalue weighted by molar-refractivity contribution is 6.09. The Balaban J connectivity index is 1.70. The molecule has 0 saturated carbocycles. The van der Waals surface area contributed by atoms with Crippen LogP contribution in [0.2, 0.25) is 0 Å². The Bertz CT molecular complexity index is 916. The summed E-state index contributed by atoms with van der Waals surface area (Å²) in [6, 6.07) is 22.7. The Morgan fingerprint density at radius 2 is 1.64 bits per heavy atom. The SMILES string of the molecule is O=C1c2ccccc2OC[C@]12O[C@]2(c1ccccc1)c1ccccn1. The van der Waals surface area contributed by atoms with Crippen LogP contribution >= 0.6 is 0 Å². The zero-order valence-electron chi connectivity index (χ0n) is 13.4. The summed E-state index contributed by atoms with van der Waals surface area (Å²) in [5.74, 6) is 0.556. The monoisotopic (exact) mass is 329 g/mol. The Kier molecular flexibility index (Phi) is 2.88. The largest absolute Gasteiger partial charge is 0.489 e. The summed E-state index contributed by atoms with van der Waals surface area (Å²) in [6.07, 6.45) is 1.72. The van der Waals surface area contributed by atoms with Crippen molar-refractivity contribution in [2.24, 2.45) is 0 Å². The average molecular weight is 329 g/mol. The van der Waals surface area contributed by atoms with E-state index in [2.05, 4.69) is 4.98 Å². The van der Waals surface area contributed by atoms with E-state index in [0.717, 1.165) is 11.3 Å². The van der Waals surface area contributed by atoms with Crippen molar-refractivity contribution in [3.05, 3.63) is 95.8 Å². The van der Waals surface area contributed by atoms with Crippen LogP contribution in [0.5, 0.6) is 5.75 Å². The van der Waals surface area contributed by atoms with Gasteiger partial charge < -0.3 is 9.47 Å². The van der Waals surface area contributed by atoms with Crippen molar-refractivity contribution in [2.75, 3.05) is 6.61 Å². The molecule has 2 atom stereocenters. The number of fused-ring (bicyclic) bond motifs is 1. The molecule has 0 amide bonds. The summed E-state index contributed by atoms with van der Waals surface area (Å²) in [4.78, 5) is 17.8. The molecule has 2 aliphatic heterocycles. The van der Waals surface area contributed by atoms with Crippen molar-refractivity contribution in [3.63, 3.8) is 0 Å². The van der Waals surface area contributed by atoms with Crippen LogP contribution in [0.4, 0.5) is 0 Å². The topological polar surface area (TPSA) is 51.7 Å². The van der Waals surface area contributed by atoms with Gasteiger partial charge in [0.1, 0.15) is 12.4 Å². The van der Waals surface area contributed by atoms with Crippen LogP contribution in [0, 0.1) is 0 Å². The summed E-state index contributed by atoms with van der Waals surface area (Å²) >= 11 is 0. The number of carbonyl (C=O) groups excluding carboxylic acids is 1. The normalized spacial score (nSPS) is 26.8. The third-order valence-electron chi connectivity index (χ3n) is 4.99. The Morgan fingerprint density at radius 3 is 2.44 bits per heavy atom. The summed E-state index contributed by atoms with van der Waals surface area (Å²) in [5.41, 5.74) is 0.196. The summed E-state index contributed by atoms with van der Waals surface area (Å²) in [6.45, 7) is 0.175. The molecule has 1 spiro atoms. The second-order valence-electron chi connectivity index (χ2n) is 6.31. The van der Waals surface area contributed by atoms with Crippen LogP contribution in [-0.4, -0.2) is 23.0 Å². The number of benzene rings is 2. The Morgan fingerprint density at radius 1 is 0.880 bits per heavy atom. The van der Waals surface area contributed by atoms with Crippen LogP contribution in [0.3, 0.4) is 0 Å². The lowest BCUT2D eigenvalue weighted by atomic mass is 9.78. The van der Waals surface area contributed by atoms with Crippen LogP contribution in [0.25, 0.3) is 0 Å². The number of epoxide rings is 1. The molecule has 0 N–H and O–H groups in total. The first-order valence-electron chi connectivity index (χ1n) is 8.22. The molecular weight excluding hydrogens is 314 g/mol. The maximum atomic E-state index is 13.3. The maximum absolute atomic E-state index is 13.3. The van der Waals surface area contributed by atoms with Crippen LogP contribution in [0.1, 0.15) is 21.6 Å². The molecule has 2 aromatic carbocycles. The van der Waals surface area contributed by atoms with Crippen molar-refractivity contribution < 1.29 is 14.3 Å². The minimum Gasteiger partial charge on any atom is -0.489 e. The van der Waals surface area contributed by atoms with E-state index in [1.54, 1.807) is 12.3 Å². The van der Waals surface area contributed by atoms with E-state index in [1.807, 2.05) is 66.7 Å². The van der Waals surface area contributed by atoms with Gasteiger partial charge in [-0.3, -0.25) is 9.78 Å². The second kappa shape index (κ2) is 5.01. The molecule has 1 fully saturated rings. The molecule has 1 saturated heterocycles. The van der Waals surface area contributed by atoms with E-state index in [-0.39, 0.29) is 12.4 Å². The predicted octanol–water partition coefficient (Wildman–Crippen LogP) is 3.37. The number of carbonyl (C=O) groups is 1. The fraction of sp³-hybridized carbons (Fsp3) is 0.143. The van der Waals surface area contributed by atoms with Crippen molar-refractivity contribution in [1.29, 1.82) is 0 Å². The fourth-order valence-electron chi connectivity index (χ4n) is 3.76. The minimum absolute atomic E-state index is 0.0520. The smallest absolute Gasteiger partial charge is 0.205 e. The number of Topliss-reactive ketones (excluding diaryl/α,β-unsaturated/α-hetero) is 1. The van der Waals surface area contributed by atoms with Crippen LogP contribution in [-0.2, 0) is 10.3 Å². The third kappa shape index (κ3) is 1.80. The predicted molar refractivity (Wildman–Crippen MR) is 91.5 cm³/mol. The molecular formula is C21H15NO3. The zero-order chi connectivity index (χ0) is 16.9. The molecule has 2 aliphatic rings. The highest BCUT2D eigenvalue weighted by atomic mass is 16.7. The van der Waals surface area contributed by atoms with Crippen molar-refractivity contribution in [1.82, 2.24) is 4.98 Å². The molecule has 0 aliphatic carbocycles. The van der Waals surface area contributed by atoms with Gasteiger partial charge in [0.2, 0.25) is 11.4 Å². The van der Waals surface area contributed by atoms with Crippen molar-refractivity contribution in [2.45, 2.75) is 11.2 Å². The molecule has 3 aromatic rings. The molecule has 1 aromatic heterocycles. The van der Waals surface area contributed by atoms with Gasteiger partial charge >= 0.3 is 0 Å². The Hall–Kier alpha value is -2.98. The molecule has 122 valence electrons. The first kappa shape index (κ1) is 14.4. The number of rotatable bonds is 2.